The summed E-state index contributed by atoms with van der Waals surface area (Å²) < 4.78 is 0.802. The van der Waals surface area contributed by atoms with Crippen molar-refractivity contribution in [1.82, 2.24) is 9.97 Å². The zero-order valence-corrected chi connectivity index (χ0v) is 11.8. The second-order valence-corrected chi connectivity index (χ2v) is 6.29. The van der Waals surface area contributed by atoms with E-state index in [-0.39, 0.29) is 6.61 Å². The highest BCUT2D eigenvalue weighted by Gasteiger charge is 2.10. The van der Waals surface area contributed by atoms with Crippen LogP contribution < -0.4 is 0 Å². The Morgan fingerprint density at radius 1 is 1.35 bits per heavy atom. The first-order valence-corrected chi connectivity index (χ1v) is 6.99. The third-order valence-corrected chi connectivity index (χ3v) is 4.48. The van der Waals surface area contributed by atoms with Crippen molar-refractivity contribution in [1.29, 1.82) is 0 Å². The van der Waals surface area contributed by atoms with E-state index < -0.39 is 0 Å². The first-order chi connectivity index (χ1) is 8.08. The minimum atomic E-state index is -0.0721. The average molecular weight is 287 g/mol. The van der Waals surface area contributed by atoms with Crippen molar-refractivity contribution >= 4 is 34.7 Å². The number of aliphatic hydroxyl groups excluding tert-OH is 1. The number of thiazole rings is 1. The summed E-state index contributed by atoms with van der Waals surface area (Å²) in [6.45, 7) is 3.93. The molecule has 0 aromatic carbocycles. The smallest absolute Gasteiger partial charge is 0.158 e. The second kappa shape index (κ2) is 5.35. The number of nitrogens with zero attached hydrogens (tertiary/aromatic N) is 2. The lowest BCUT2D eigenvalue weighted by molar-refractivity contribution is 0.285. The number of pyridine rings is 1. The Kier molecular flexibility index (Phi) is 4.04. The van der Waals surface area contributed by atoms with Crippen molar-refractivity contribution in [2.45, 2.75) is 29.8 Å². The van der Waals surface area contributed by atoms with E-state index in [1.807, 2.05) is 26.0 Å². The van der Waals surface area contributed by atoms with Crippen LogP contribution in [0.1, 0.15) is 16.1 Å². The molecule has 0 fully saturated rings. The standard InChI is InChI=1S/C11H11ClN2OS2/c1-6-3-7(2)13-9(4-6)17-11-14-10(12)8(5-15)16-11/h3-4,15H,5H2,1-2H3. The molecular formula is C11H11ClN2OS2. The van der Waals surface area contributed by atoms with Crippen LogP contribution in [0.3, 0.4) is 0 Å². The molecule has 0 aliphatic heterocycles. The van der Waals surface area contributed by atoms with Gasteiger partial charge in [0.1, 0.15) is 10.2 Å². The van der Waals surface area contributed by atoms with Gasteiger partial charge in [-0.1, -0.05) is 11.6 Å². The molecule has 2 aromatic heterocycles. The fourth-order valence-corrected chi connectivity index (χ4v) is 3.78. The first-order valence-electron chi connectivity index (χ1n) is 4.97. The third-order valence-electron chi connectivity index (χ3n) is 2.04. The average Bonchev–Trinajstić information content (AvgIpc) is 2.57. The van der Waals surface area contributed by atoms with E-state index in [0.29, 0.717) is 10.0 Å². The predicted octanol–water partition coefficient (Wildman–Crippen LogP) is 3.45. The van der Waals surface area contributed by atoms with Gasteiger partial charge in [-0.3, -0.25) is 0 Å². The van der Waals surface area contributed by atoms with Gasteiger partial charge >= 0.3 is 0 Å². The molecule has 2 aromatic rings. The van der Waals surface area contributed by atoms with Crippen LogP contribution in [0.5, 0.6) is 0 Å². The first kappa shape index (κ1) is 12.8. The largest absolute Gasteiger partial charge is 0.391 e. The molecule has 6 heteroatoms. The summed E-state index contributed by atoms with van der Waals surface area (Å²) in [6.07, 6.45) is 0. The summed E-state index contributed by atoms with van der Waals surface area (Å²) in [5, 5.41) is 10.3. The van der Waals surface area contributed by atoms with Crippen LogP contribution in [-0.2, 0) is 6.61 Å². The summed E-state index contributed by atoms with van der Waals surface area (Å²) >= 11 is 8.74. The zero-order valence-electron chi connectivity index (χ0n) is 9.40. The van der Waals surface area contributed by atoms with Crippen molar-refractivity contribution in [2.75, 3.05) is 0 Å². The maximum absolute atomic E-state index is 9.05. The predicted molar refractivity (Wildman–Crippen MR) is 70.9 cm³/mol. The maximum atomic E-state index is 9.05. The Morgan fingerprint density at radius 3 is 2.71 bits per heavy atom. The van der Waals surface area contributed by atoms with Gasteiger partial charge in [-0.15, -0.1) is 11.3 Å². The fraction of sp³-hybridized carbons (Fsp3) is 0.273. The van der Waals surface area contributed by atoms with Crippen LogP contribution in [0.4, 0.5) is 0 Å². The molecule has 0 amide bonds. The lowest BCUT2D eigenvalue weighted by atomic mass is 10.3. The summed E-state index contributed by atoms with van der Waals surface area (Å²) in [6, 6.07) is 4.03. The number of hydrogen-bond donors (Lipinski definition) is 1. The van der Waals surface area contributed by atoms with Crippen LogP contribution in [-0.4, -0.2) is 15.1 Å². The Balaban J connectivity index is 2.24. The van der Waals surface area contributed by atoms with Gasteiger partial charge in [0.2, 0.25) is 0 Å². The Bertz CT molecular complexity index is 522. The van der Waals surface area contributed by atoms with Gasteiger partial charge in [0, 0.05) is 5.69 Å². The van der Waals surface area contributed by atoms with Crippen molar-refractivity contribution in [3.63, 3.8) is 0 Å². The highest BCUT2D eigenvalue weighted by molar-refractivity contribution is 8.01. The molecule has 0 radical (unpaired) electrons. The summed E-state index contributed by atoms with van der Waals surface area (Å²) in [5.74, 6) is 0. The maximum Gasteiger partial charge on any atom is 0.158 e. The molecule has 2 rings (SSSR count). The number of rotatable bonds is 3. The molecule has 0 saturated carbocycles. The van der Waals surface area contributed by atoms with Crippen molar-refractivity contribution < 1.29 is 5.11 Å². The lowest BCUT2D eigenvalue weighted by Gasteiger charge is -2.00. The van der Waals surface area contributed by atoms with Crippen LogP contribution >= 0.6 is 34.7 Å². The molecule has 2 heterocycles. The summed E-state index contributed by atoms with van der Waals surface area (Å²) in [5.41, 5.74) is 2.16. The molecular weight excluding hydrogens is 276 g/mol. The lowest BCUT2D eigenvalue weighted by Crippen LogP contribution is -1.86. The quantitative estimate of drug-likeness (QED) is 0.939. The fourth-order valence-electron chi connectivity index (χ4n) is 1.40. The third kappa shape index (κ3) is 3.19. The normalized spacial score (nSPS) is 10.8. The van der Waals surface area contributed by atoms with Crippen LogP contribution in [0, 0.1) is 13.8 Å². The molecule has 17 heavy (non-hydrogen) atoms. The molecule has 0 atom stereocenters. The molecule has 0 aliphatic carbocycles. The Morgan fingerprint density at radius 2 is 2.12 bits per heavy atom. The molecule has 90 valence electrons. The van der Waals surface area contributed by atoms with Crippen LogP contribution in [0.2, 0.25) is 5.15 Å². The Labute approximate surface area is 113 Å². The second-order valence-electron chi connectivity index (χ2n) is 3.58. The minimum Gasteiger partial charge on any atom is -0.391 e. The highest BCUT2D eigenvalue weighted by Crippen LogP contribution is 2.34. The van der Waals surface area contributed by atoms with Crippen LogP contribution in [0.25, 0.3) is 0 Å². The van der Waals surface area contributed by atoms with E-state index in [9.17, 15) is 0 Å². The van der Waals surface area contributed by atoms with E-state index in [2.05, 4.69) is 9.97 Å². The molecule has 0 saturated heterocycles. The van der Waals surface area contributed by atoms with Gasteiger partial charge in [-0.25, -0.2) is 9.97 Å². The van der Waals surface area contributed by atoms with E-state index in [1.54, 1.807) is 0 Å². The van der Waals surface area contributed by atoms with E-state index in [4.69, 9.17) is 16.7 Å². The molecule has 0 unspecified atom stereocenters. The zero-order chi connectivity index (χ0) is 12.4. The Hall–Kier alpha value is -0.620. The summed E-state index contributed by atoms with van der Waals surface area (Å²) in [4.78, 5) is 9.29. The summed E-state index contributed by atoms with van der Waals surface area (Å²) in [7, 11) is 0. The minimum absolute atomic E-state index is 0.0721. The molecule has 0 aliphatic rings. The van der Waals surface area contributed by atoms with E-state index >= 15 is 0 Å². The van der Waals surface area contributed by atoms with Crippen molar-refractivity contribution in [3.05, 3.63) is 33.4 Å². The number of aliphatic hydroxyl groups is 1. The molecule has 0 bridgehead atoms. The van der Waals surface area contributed by atoms with Crippen LogP contribution in [0.15, 0.2) is 21.5 Å². The molecule has 0 spiro atoms. The van der Waals surface area contributed by atoms with Gasteiger partial charge in [-0.2, -0.15) is 0 Å². The van der Waals surface area contributed by atoms with Gasteiger partial charge in [0.15, 0.2) is 4.34 Å². The number of hydrogen-bond acceptors (Lipinski definition) is 5. The van der Waals surface area contributed by atoms with E-state index in [0.717, 1.165) is 15.1 Å². The van der Waals surface area contributed by atoms with Gasteiger partial charge < -0.3 is 5.11 Å². The number of aromatic nitrogens is 2. The van der Waals surface area contributed by atoms with Gasteiger partial charge in [-0.05, 0) is 43.3 Å². The van der Waals surface area contributed by atoms with E-state index in [1.165, 1.54) is 28.7 Å². The monoisotopic (exact) mass is 286 g/mol. The SMILES string of the molecule is Cc1cc(C)nc(Sc2nc(Cl)c(CO)s2)c1. The van der Waals surface area contributed by atoms with Gasteiger partial charge in [0.05, 0.1) is 11.5 Å². The molecule has 3 nitrogen and oxygen atoms in total. The number of aryl methyl sites for hydroxylation is 2. The highest BCUT2D eigenvalue weighted by atomic mass is 35.5. The molecule has 1 N–H and O–H groups in total. The number of halogens is 1. The topological polar surface area (TPSA) is 46.0 Å². The van der Waals surface area contributed by atoms with Crippen molar-refractivity contribution in [3.8, 4) is 0 Å². The van der Waals surface area contributed by atoms with Crippen molar-refractivity contribution in [2.24, 2.45) is 0 Å². The van der Waals surface area contributed by atoms with Gasteiger partial charge in [0.25, 0.3) is 0 Å².